The Hall–Kier alpha value is -3.52. The third-order valence-corrected chi connectivity index (χ3v) is 11.7. The number of anilines is 1. The first-order valence-electron chi connectivity index (χ1n) is 19.1. The number of nitrogens with two attached hydrogens (primary N) is 1. The van der Waals surface area contributed by atoms with E-state index in [4.69, 9.17) is 20.0 Å². The van der Waals surface area contributed by atoms with Crippen LogP contribution in [0.3, 0.4) is 0 Å². The smallest absolute Gasteiger partial charge is 0.241 e. The predicted molar refractivity (Wildman–Crippen MR) is 213 cm³/mol. The third kappa shape index (κ3) is 11.7. The molecule has 1 fully saturated rings. The Balaban J connectivity index is 1.32. The van der Waals surface area contributed by atoms with E-state index >= 15 is 0 Å². The Bertz CT molecular complexity index is 1710. The number of rotatable bonds is 23. The van der Waals surface area contributed by atoms with E-state index in [2.05, 4.69) is 64.7 Å². The van der Waals surface area contributed by atoms with Crippen molar-refractivity contribution in [2.45, 2.75) is 97.0 Å². The topological polar surface area (TPSA) is 144 Å². The second-order valence-corrected chi connectivity index (χ2v) is 15.7. The maximum atomic E-state index is 13.7. The van der Waals surface area contributed by atoms with E-state index in [9.17, 15) is 13.2 Å². The van der Waals surface area contributed by atoms with Crippen LogP contribution in [0, 0.1) is 19.8 Å². The van der Waals surface area contributed by atoms with Crippen LogP contribution in [0.5, 0.6) is 5.75 Å². The van der Waals surface area contributed by atoms with Gasteiger partial charge < -0.3 is 35.1 Å². The zero-order valence-electron chi connectivity index (χ0n) is 32.6. The van der Waals surface area contributed by atoms with Gasteiger partial charge in [-0.25, -0.2) is 8.42 Å². The fraction of sp³-hybridized carbons (Fsp3) is 0.537. The number of hydrogen-bond donors (Lipinski definition) is 4. The molecule has 2 aromatic rings. The Morgan fingerprint density at radius 2 is 1.83 bits per heavy atom. The monoisotopic (exact) mass is 751 g/mol. The predicted octanol–water partition coefficient (Wildman–Crippen LogP) is 6.21. The largest absolute Gasteiger partial charge is 0.492 e. The van der Waals surface area contributed by atoms with E-state index in [-0.39, 0.29) is 11.4 Å². The number of allylic oxidation sites excluding steroid dienone is 3. The van der Waals surface area contributed by atoms with Gasteiger partial charge >= 0.3 is 0 Å². The van der Waals surface area contributed by atoms with Gasteiger partial charge in [0.2, 0.25) is 10.0 Å². The van der Waals surface area contributed by atoms with Crippen LogP contribution in [-0.2, 0) is 30.9 Å². The zero-order valence-corrected chi connectivity index (χ0v) is 33.4. The molecule has 0 spiro atoms. The van der Waals surface area contributed by atoms with Crippen LogP contribution in [0.15, 0.2) is 64.3 Å². The van der Waals surface area contributed by atoms with E-state index in [0.29, 0.717) is 56.1 Å². The van der Waals surface area contributed by atoms with Gasteiger partial charge in [-0.2, -0.15) is 10.2 Å². The molecule has 1 aliphatic heterocycles. The first-order chi connectivity index (χ1) is 25.5. The number of nitrogens with zero attached hydrogens (tertiary/aromatic N) is 1. The summed E-state index contributed by atoms with van der Waals surface area (Å²) < 4.78 is 41.6. The number of ether oxygens (including phenoxy) is 2. The fourth-order valence-electron chi connectivity index (χ4n) is 6.74. The maximum absolute atomic E-state index is 13.7. The number of hydrogen-bond acceptors (Lipinski definition) is 10. The van der Waals surface area contributed by atoms with Crippen molar-refractivity contribution in [1.29, 1.82) is 0 Å². The van der Waals surface area contributed by atoms with Crippen molar-refractivity contribution in [3.63, 3.8) is 0 Å². The quantitative estimate of drug-likeness (QED) is 0.0588. The standard InChI is InChI=1S/C41H61N5O6S/c1-7-11-38(37-27-46(6)39-24-33(25-42)14-15-36(39)40(37)29(3)8-2)43-26-34(28-47)45-53(48,49)41-30(4)22-35(23-31(41)5)51-21-17-44-52-19-10-18-50-20-16-32-12-9-13-32/h11,14-15,22-24,27-28,32,34,43-45H,7-10,12-13,16-21,25-26,42H2,1-6H3/b38-11+,40-29-. The number of aldehydes is 1. The molecule has 2 aromatic carbocycles. The number of sulfonamides is 1. The Labute approximate surface area is 317 Å². The van der Waals surface area contributed by atoms with Crippen molar-refractivity contribution in [2.24, 2.45) is 11.7 Å². The summed E-state index contributed by atoms with van der Waals surface area (Å²) in [6, 6.07) is 8.67. The van der Waals surface area contributed by atoms with Crippen molar-refractivity contribution in [1.82, 2.24) is 15.5 Å². The van der Waals surface area contributed by atoms with Gasteiger partial charge in [-0.05, 0) is 92.8 Å². The fourth-order valence-corrected chi connectivity index (χ4v) is 8.36. The number of fused-ring (bicyclic) bond motifs is 1. The summed E-state index contributed by atoms with van der Waals surface area (Å²) in [5.41, 5.74) is 17.3. The van der Waals surface area contributed by atoms with E-state index in [1.807, 2.05) is 14.0 Å². The minimum Gasteiger partial charge on any atom is -0.492 e. The van der Waals surface area contributed by atoms with Gasteiger partial charge in [-0.1, -0.05) is 56.9 Å². The van der Waals surface area contributed by atoms with Crippen molar-refractivity contribution in [3.05, 3.63) is 81.7 Å². The molecule has 5 N–H and O–H groups in total. The molecule has 1 heterocycles. The molecule has 12 heteroatoms. The number of benzene rings is 2. The minimum absolute atomic E-state index is 0.0643. The minimum atomic E-state index is -4.05. The third-order valence-electron chi connectivity index (χ3n) is 9.89. The molecule has 1 aliphatic carbocycles. The molecule has 0 saturated heterocycles. The zero-order chi connectivity index (χ0) is 38.4. The van der Waals surface area contributed by atoms with Crippen LogP contribution >= 0.6 is 0 Å². The average molecular weight is 752 g/mol. The van der Waals surface area contributed by atoms with Crippen molar-refractivity contribution in [2.75, 3.05) is 51.5 Å². The summed E-state index contributed by atoms with van der Waals surface area (Å²) in [7, 11) is -2.04. The van der Waals surface area contributed by atoms with Crippen LogP contribution in [0.4, 0.5) is 5.69 Å². The molecular formula is C41H61N5O6S. The Morgan fingerprint density at radius 1 is 1.08 bits per heavy atom. The first kappa shape index (κ1) is 42.2. The maximum Gasteiger partial charge on any atom is 0.241 e. The average Bonchev–Trinajstić information content (AvgIpc) is 3.11. The van der Waals surface area contributed by atoms with Gasteiger partial charge in [0.25, 0.3) is 0 Å². The molecule has 1 saturated carbocycles. The number of carbonyl (C=O) groups excluding carboxylic acids is 1. The van der Waals surface area contributed by atoms with Crippen molar-refractivity contribution < 1.29 is 27.5 Å². The van der Waals surface area contributed by atoms with Crippen LogP contribution < -0.4 is 30.9 Å². The molecule has 0 bridgehead atoms. The lowest BCUT2D eigenvalue weighted by Crippen LogP contribution is -2.43. The summed E-state index contributed by atoms with van der Waals surface area (Å²) in [4.78, 5) is 20.0. The molecule has 0 amide bonds. The molecule has 1 atom stereocenters. The lowest BCUT2D eigenvalue weighted by Gasteiger charge is -2.32. The molecule has 292 valence electrons. The van der Waals surface area contributed by atoms with E-state index in [1.54, 1.807) is 26.0 Å². The molecule has 2 aliphatic rings. The van der Waals surface area contributed by atoms with E-state index in [1.165, 1.54) is 24.8 Å². The van der Waals surface area contributed by atoms with E-state index in [0.717, 1.165) is 71.9 Å². The van der Waals surface area contributed by atoms with Gasteiger partial charge in [0, 0.05) is 62.1 Å². The van der Waals surface area contributed by atoms with E-state index < -0.39 is 16.1 Å². The van der Waals surface area contributed by atoms with Crippen molar-refractivity contribution in [3.8, 4) is 5.75 Å². The van der Waals surface area contributed by atoms with Gasteiger partial charge in [-0.3, -0.25) is 0 Å². The molecular weight excluding hydrogens is 691 g/mol. The molecule has 0 aromatic heterocycles. The Morgan fingerprint density at radius 3 is 2.47 bits per heavy atom. The molecule has 53 heavy (non-hydrogen) atoms. The highest BCUT2D eigenvalue weighted by molar-refractivity contribution is 7.89. The van der Waals surface area contributed by atoms with Gasteiger partial charge in [0.1, 0.15) is 18.6 Å². The summed E-state index contributed by atoms with van der Waals surface area (Å²) in [6.07, 6.45) is 12.4. The van der Waals surface area contributed by atoms with Crippen LogP contribution in [-0.4, -0.2) is 67.3 Å². The lowest BCUT2D eigenvalue weighted by atomic mass is 9.83. The van der Waals surface area contributed by atoms with Gasteiger partial charge in [0.15, 0.2) is 0 Å². The first-order valence-corrected chi connectivity index (χ1v) is 20.6. The SMILES string of the molecule is CC/C=C(/NCC(C=O)NS(=O)(=O)c1c(C)cc(OCCNOCCCOCCC2CCC2)cc1C)C1=CN(C)c2cc(CN)ccc2/C1=C(\C)CC. The summed E-state index contributed by atoms with van der Waals surface area (Å²) in [5.74, 6) is 1.42. The highest BCUT2D eigenvalue weighted by Crippen LogP contribution is 2.42. The molecule has 0 radical (unpaired) electrons. The van der Waals surface area contributed by atoms with Crippen molar-refractivity contribution >= 4 is 27.6 Å². The Kier molecular flexibility index (Phi) is 16.6. The van der Waals surface area contributed by atoms with Crippen LogP contribution in [0.2, 0.25) is 0 Å². The van der Waals surface area contributed by atoms with Gasteiger partial charge in [0.05, 0.1) is 24.1 Å². The highest BCUT2D eigenvalue weighted by Gasteiger charge is 2.27. The number of carbonyl (C=O) groups is 1. The molecule has 4 rings (SSSR count). The molecule has 11 nitrogen and oxygen atoms in total. The second kappa shape index (κ2) is 20.8. The number of hydroxylamine groups is 1. The summed E-state index contributed by atoms with van der Waals surface area (Å²) >= 11 is 0. The van der Waals surface area contributed by atoms with Gasteiger partial charge in [-0.15, -0.1) is 0 Å². The number of aryl methyl sites for hydroxylation is 2. The highest BCUT2D eigenvalue weighted by atomic mass is 32.2. The number of nitrogens with one attached hydrogen (secondary N) is 3. The molecule has 1 unspecified atom stereocenters. The summed E-state index contributed by atoms with van der Waals surface area (Å²) in [6.45, 7) is 13.2. The summed E-state index contributed by atoms with van der Waals surface area (Å²) in [5, 5.41) is 3.41. The normalized spacial score (nSPS) is 16.5. The lowest BCUT2D eigenvalue weighted by molar-refractivity contribution is -0.109. The second-order valence-electron chi connectivity index (χ2n) is 14.0. The van der Waals surface area contributed by atoms with Crippen LogP contribution in [0.25, 0.3) is 5.57 Å². The van der Waals surface area contributed by atoms with Crippen LogP contribution in [0.1, 0.15) is 88.0 Å².